The smallest absolute Gasteiger partial charge is 0.342 e. The van der Waals surface area contributed by atoms with Gasteiger partial charge in [-0.25, -0.2) is 4.79 Å². The number of aliphatic hydroxyl groups excluding tert-OH is 2. The second-order valence-electron chi connectivity index (χ2n) is 10.8. The third-order valence-corrected chi connectivity index (χ3v) is 9.12. The zero-order chi connectivity index (χ0) is 20.1. The maximum Gasteiger partial charge on any atom is 0.342 e. The highest BCUT2D eigenvalue weighted by Gasteiger charge is 2.99. The minimum atomic E-state index is -1.66. The van der Waals surface area contributed by atoms with Crippen LogP contribution in [0, 0.1) is 28.1 Å². The molecule has 0 aromatic rings. The lowest BCUT2D eigenvalue weighted by molar-refractivity contribution is -0.263. The molecule has 2 aliphatic carbocycles. The van der Waals surface area contributed by atoms with Gasteiger partial charge in [-0.15, -0.1) is 0 Å². The van der Waals surface area contributed by atoms with Crippen LogP contribution < -0.4 is 0 Å². The number of hydrogen-bond donors (Lipinski definition) is 3. The Morgan fingerprint density at radius 2 is 1.89 bits per heavy atom. The molecule has 2 saturated carbocycles. The van der Waals surface area contributed by atoms with Crippen LogP contribution in [0.2, 0.25) is 0 Å². The van der Waals surface area contributed by atoms with E-state index in [0.29, 0.717) is 19.4 Å². The average Bonchev–Trinajstić information content (AvgIpc) is 3.31. The predicted molar refractivity (Wildman–Crippen MR) is 91.5 cm³/mol. The molecule has 0 amide bonds. The fourth-order valence-electron chi connectivity index (χ4n) is 8.30. The minimum absolute atomic E-state index is 0.144. The molecule has 6 unspecified atom stereocenters. The molecule has 0 aromatic heterocycles. The quantitative estimate of drug-likeness (QED) is 0.488. The highest BCUT2D eigenvalue weighted by molar-refractivity contribution is 5.89. The zero-order valence-corrected chi connectivity index (χ0v) is 16.5. The minimum Gasteiger partial charge on any atom is -0.459 e. The summed E-state index contributed by atoms with van der Waals surface area (Å²) in [6, 6.07) is 0. The van der Waals surface area contributed by atoms with Crippen molar-refractivity contribution in [1.29, 1.82) is 0 Å². The van der Waals surface area contributed by atoms with Crippen LogP contribution in [0.25, 0.3) is 0 Å². The van der Waals surface area contributed by atoms with Gasteiger partial charge in [0.25, 0.3) is 0 Å². The first-order valence-corrected chi connectivity index (χ1v) is 10.2. The van der Waals surface area contributed by atoms with Crippen LogP contribution in [0.4, 0.5) is 0 Å². The van der Waals surface area contributed by atoms with Crippen LogP contribution in [0.1, 0.15) is 40.5 Å². The molecule has 11 atom stereocenters. The van der Waals surface area contributed by atoms with E-state index in [1.54, 1.807) is 0 Å². The molecule has 3 N–H and O–H groups in total. The van der Waals surface area contributed by atoms with Gasteiger partial charge in [-0.3, -0.25) is 0 Å². The molecule has 0 radical (unpaired) electrons. The highest BCUT2D eigenvalue weighted by atomic mass is 16.8. The van der Waals surface area contributed by atoms with Crippen molar-refractivity contribution in [3.05, 3.63) is 0 Å². The zero-order valence-electron chi connectivity index (χ0n) is 16.5. The van der Waals surface area contributed by atoms with E-state index in [1.807, 2.05) is 6.92 Å². The van der Waals surface area contributed by atoms with E-state index in [4.69, 9.17) is 18.9 Å². The van der Waals surface area contributed by atoms with Crippen molar-refractivity contribution in [2.75, 3.05) is 6.61 Å². The van der Waals surface area contributed by atoms with Crippen molar-refractivity contribution in [1.82, 2.24) is 0 Å². The molecule has 4 aliphatic heterocycles. The summed E-state index contributed by atoms with van der Waals surface area (Å²) in [7, 11) is 0. The monoisotopic (exact) mass is 396 g/mol. The standard InChI is InChI=1S/C20H28O8/c1-8-7-25-11-6-17-10-5-9(16(2,3)4)18(17)12(21)13(22)27-15(18)28-20(17,14(23)26-10)19(8,11)24/h8-13,15,21-22,24H,5-7H2,1-4H3/t8-,9+,10?,11?,12+,13+,15?,17?,18?,19-,20?/m1/s1. The SMILES string of the molecule is C[C@@H]1COC2CC34C5C[C@@H](C(C)(C)C)C36C(O[C@H](O)[C@@H]6O)OC4(C(=O)O5)[C@]21O. The van der Waals surface area contributed by atoms with Crippen LogP contribution in [-0.2, 0) is 23.7 Å². The summed E-state index contributed by atoms with van der Waals surface area (Å²) in [5.41, 5.74) is -5.56. The first-order valence-electron chi connectivity index (χ1n) is 10.2. The Bertz CT molecular complexity index is 779. The molecular weight excluding hydrogens is 368 g/mol. The highest BCUT2D eigenvalue weighted by Crippen LogP contribution is 2.84. The van der Waals surface area contributed by atoms with Gasteiger partial charge >= 0.3 is 5.97 Å². The summed E-state index contributed by atoms with van der Waals surface area (Å²) in [5, 5.41) is 33.7. The van der Waals surface area contributed by atoms with Crippen LogP contribution in [0.15, 0.2) is 0 Å². The normalized spacial score (nSPS) is 64.0. The molecule has 8 nitrogen and oxygen atoms in total. The second kappa shape index (κ2) is 4.60. The van der Waals surface area contributed by atoms with E-state index in [9.17, 15) is 20.1 Å². The van der Waals surface area contributed by atoms with E-state index >= 15 is 0 Å². The lowest BCUT2D eigenvalue weighted by Crippen LogP contribution is -2.66. The Hall–Kier alpha value is -0.770. The number of carbonyl (C=O) groups excluding carboxylic acids is 1. The third kappa shape index (κ3) is 1.34. The van der Waals surface area contributed by atoms with Crippen molar-refractivity contribution in [2.24, 2.45) is 28.1 Å². The van der Waals surface area contributed by atoms with Crippen molar-refractivity contribution in [3.63, 3.8) is 0 Å². The maximum absolute atomic E-state index is 13.3. The van der Waals surface area contributed by atoms with Gasteiger partial charge in [0.1, 0.15) is 17.8 Å². The Morgan fingerprint density at radius 1 is 1.18 bits per heavy atom. The molecule has 2 spiro atoms. The average molecular weight is 396 g/mol. The van der Waals surface area contributed by atoms with Crippen molar-refractivity contribution >= 4 is 5.97 Å². The van der Waals surface area contributed by atoms with Gasteiger partial charge in [0.05, 0.1) is 23.5 Å². The molecule has 0 bridgehead atoms. The Kier molecular flexibility index (Phi) is 2.96. The summed E-state index contributed by atoms with van der Waals surface area (Å²) in [4.78, 5) is 13.3. The number of carbonyl (C=O) groups is 1. The second-order valence-corrected chi connectivity index (χ2v) is 10.8. The number of ether oxygens (including phenoxy) is 4. The fourth-order valence-corrected chi connectivity index (χ4v) is 8.30. The number of esters is 1. The number of hydrogen-bond acceptors (Lipinski definition) is 8. The van der Waals surface area contributed by atoms with Gasteiger partial charge in [0.2, 0.25) is 5.60 Å². The number of fused-ring (bicyclic) bond motifs is 1. The maximum atomic E-state index is 13.3. The molecule has 6 fully saturated rings. The van der Waals surface area contributed by atoms with Crippen molar-refractivity contribution < 1.29 is 39.1 Å². The molecule has 6 rings (SSSR count). The molecule has 4 saturated heterocycles. The molecule has 28 heavy (non-hydrogen) atoms. The Balaban J connectivity index is 1.67. The summed E-state index contributed by atoms with van der Waals surface area (Å²) < 4.78 is 23.9. The van der Waals surface area contributed by atoms with Gasteiger partial charge in [-0.05, 0) is 24.2 Å². The van der Waals surface area contributed by atoms with E-state index in [1.165, 1.54) is 0 Å². The Labute approximate surface area is 163 Å². The summed E-state index contributed by atoms with van der Waals surface area (Å²) in [6.45, 7) is 8.39. The van der Waals surface area contributed by atoms with E-state index in [0.717, 1.165) is 0 Å². The van der Waals surface area contributed by atoms with E-state index in [-0.39, 0.29) is 17.3 Å². The fraction of sp³-hybridized carbons (Fsp3) is 0.950. The summed E-state index contributed by atoms with van der Waals surface area (Å²) in [6.07, 6.45) is -3.90. The largest absolute Gasteiger partial charge is 0.459 e. The number of rotatable bonds is 0. The van der Waals surface area contributed by atoms with Crippen molar-refractivity contribution in [2.45, 2.75) is 82.6 Å². The van der Waals surface area contributed by atoms with E-state index in [2.05, 4.69) is 20.8 Å². The molecular formula is C20H28O8. The predicted octanol–water partition coefficient (Wildman–Crippen LogP) is -0.0751. The van der Waals surface area contributed by atoms with Crippen LogP contribution in [-0.4, -0.2) is 70.0 Å². The third-order valence-electron chi connectivity index (χ3n) is 9.12. The summed E-state index contributed by atoms with van der Waals surface area (Å²) >= 11 is 0. The molecule has 6 aliphatic rings. The first kappa shape index (κ1) is 18.0. The van der Waals surface area contributed by atoms with Crippen molar-refractivity contribution in [3.8, 4) is 0 Å². The van der Waals surface area contributed by atoms with Gasteiger partial charge < -0.3 is 34.3 Å². The van der Waals surface area contributed by atoms with E-state index < -0.39 is 58.9 Å². The van der Waals surface area contributed by atoms with Crippen LogP contribution in [0.5, 0.6) is 0 Å². The van der Waals surface area contributed by atoms with Gasteiger partial charge in [-0.2, -0.15) is 0 Å². The number of aliphatic hydroxyl groups is 3. The van der Waals surface area contributed by atoms with Gasteiger partial charge in [0.15, 0.2) is 12.6 Å². The molecule has 0 aromatic carbocycles. The van der Waals surface area contributed by atoms with Gasteiger partial charge in [0, 0.05) is 5.92 Å². The summed E-state index contributed by atoms with van der Waals surface area (Å²) in [5.74, 6) is -1.07. The molecule has 8 heteroatoms. The molecule has 156 valence electrons. The topological polar surface area (TPSA) is 115 Å². The lowest BCUT2D eigenvalue weighted by atomic mass is 9.51. The molecule has 4 heterocycles. The van der Waals surface area contributed by atoms with Gasteiger partial charge in [-0.1, -0.05) is 27.7 Å². The Morgan fingerprint density at radius 3 is 2.57 bits per heavy atom. The lowest BCUT2D eigenvalue weighted by Gasteiger charge is -2.48. The van der Waals surface area contributed by atoms with Crippen LogP contribution >= 0.6 is 0 Å². The first-order chi connectivity index (χ1) is 13.0. The van der Waals surface area contributed by atoms with Crippen LogP contribution in [0.3, 0.4) is 0 Å².